The minimum absolute atomic E-state index is 0.608. The molecule has 0 spiro atoms. The van der Waals surface area contributed by atoms with E-state index in [4.69, 9.17) is 27.6 Å². The van der Waals surface area contributed by atoms with E-state index in [1.807, 2.05) is 24.3 Å². The molecule has 0 atom stereocenters. The standard InChI is InChI=1S/C19H17Cl2NO/c1-13-2-4-14(5-3-13)11-22-12-18-6-7-19(23-18)15-8-16(20)10-17(21)9-15/h2-10,22H,11-12H2,1H3/p+1. The van der Waals surface area contributed by atoms with Gasteiger partial charge in [-0.25, -0.2) is 0 Å². The van der Waals surface area contributed by atoms with Crippen LogP contribution < -0.4 is 5.32 Å². The number of rotatable bonds is 5. The molecule has 118 valence electrons. The van der Waals surface area contributed by atoms with Crippen LogP contribution in [0.4, 0.5) is 0 Å². The third kappa shape index (κ3) is 4.38. The summed E-state index contributed by atoms with van der Waals surface area (Å²) in [5.41, 5.74) is 3.49. The lowest BCUT2D eigenvalue weighted by atomic mass is 10.1. The van der Waals surface area contributed by atoms with Crippen LogP contribution in [0.25, 0.3) is 11.3 Å². The normalized spacial score (nSPS) is 10.9. The number of furan rings is 1. The molecular weight excluding hydrogens is 329 g/mol. The molecule has 0 bridgehead atoms. The lowest BCUT2D eigenvalue weighted by Crippen LogP contribution is -2.80. The molecule has 0 radical (unpaired) electrons. The van der Waals surface area contributed by atoms with Gasteiger partial charge >= 0.3 is 0 Å². The third-order valence-corrected chi connectivity index (χ3v) is 4.09. The average Bonchev–Trinajstić information content (AvgIpc) is 2.97. The molecule has 0 unspecified atom stereocenters. The fraction of sp³-hybridized carbons (Fsp3) is 0.158. The Hall–Kier alpha value is -1.74. The molecule has 0 aliphatic rings. The molecule has 23 heavy (non-hydrogen) atoms. The van der Waals surface area contributed by atoms with E-state index in [0.717, 1.165) is 30.2 Å². The Morgan fingerprint density at radius 3 is 2.26 bits per heavy atom. The minimum Gasteiger partial charge on any atom is -0.455 e. The van der Waals surface area contributed by atoms with Crippen LogP contribution in [0.5, 0.6) is 0 Å². The van der Waals surface area contributed by atoms with Crippen molar-refractivity contribution in [1.82, 2.24) is 0 Å². The Labute approximate surface area is 146 Å². The Balaban J connectivity index is 1.62. The van der Waals surface area contributed by atoms with E-state index in [9.17, 15) is 0 Å². The van der Waals surface area contributed by atoms with Crippen LogP contribution >= 0.6 is 23.2 Å². The van der Waals surface area contributed by atoms with Crippen molar-refractivity contribution < 1.29 is 9.73 Å². The first-order valence-corrected chi connectivity index (χ1v) is 8.28. The molecule has 0 saturated carbocycles. The van der Waals surface area contributed by atoms with Gasteiger partial charge in [-0.3, -0.25) is 0 Å². The molecule has 1 heterocycles. The van der Waals surface area contributed by atoms with E-state index in [-0.39, 0.29) is 0 Å². The lowest BCUT2D eigenvalue weighted by Gasteiger charge is -2.02. The van der Waals surface area contributed by atoms with Crippen molar-refractivity contribution in [3.63, 3.8) is 0 Å². The van der Waals surface area contributed by atoms with Crippen LogP contribution in [-0.2, 0) is 13.1 Å². The molecule has 2 aromatic carbocycles. The van der Waals surface area contributed by atoms with Gasteiger partial charge in [-0.2, -0.15) is 0 Å². The smallest absolute Gasteiger partial charge is 0.158 e. The fourth-order valence-corrected chi connectivity index (χ4v) is 2.97. The van der Waals surface area contributed by atoms with Crippen molar-refractivity contribution in [2.45, 2.75) is 20.0 Å². The van der Waals surface area contributed by atoms with Gasteiger partial charge in [0, 0.05) is 21.2 Å². The zero-order valence-corrected chi connectivity index (χ0v) is 14.4. The molecule has 4 heteroatoms. The second kappa shape index (κ2) is 7.22. The molecule has 3 aromatic rings. The van der Waals surface area contributed by atoms with Crippen LogP contribution in [0.1, 0.15) is 16.9 Å². The number of aryl methyl sites for hydroxylation is 1. The van der Waals surface area contributed by atoms with Gasteiger partial charge in [0.05, 0.1) is 0 Å². The van der Waals surface area contributed by atoms with Crippen molar-refractivity contribution in [2.24, 2.45) is 0 Å². The maximum absolute atomic E-state index is 6.04. The Kier molecular flexibility index (Phi) is 5.06. The molecule has 1 aromatic heterocycles. The van der Waals surface area contributed by atoms with Gasteiger partial charge in [-0.1, -0.05) is 53.0 Å². The summed E-state index contributed by atoms with van der Waals surface area (Å²) in [5.74, 6) is 1.72. The van der Waals surface area contributed by atoms with Crippen molar-refractivity contribution in [3.8, 4) is 11.3 Å². The summed E-state index contributed by atoms with van der Waals surface area (Å²) < 4.78 is 5.89. The van der Waals surface area contributed by atoms with Gasteiger partial charge in [0.2, 0.25) is 0 Å². The highest BCUT2D eigenvalue weighted by Crippen LogP contribution is 2.28. The minimum atomic E-state index is 0.608. The highest BCUT2D eigenvalue weighted by Gasteiger charge is 2.08. The van der Waals surface area contributed by atoms with Gasteiger partial charge in [0.25, 0.3) is 0 Å². The van der Waals surface area contributed by atoms with E-state index in [1.54, 1.807) is 6.07 Å². The number of quaternary nitrogens is 1. The first-order valence-electron chi connectivity index (χ1n) is 7.52. The lowest BCUT2D eigenvalue weighted by molar-refractivity contribution is -0.687. The quantitative estimate of drug-likeness (QED) is 0.704. The zero-order chi connectivity index (χ0) is 16.2. The summed E-state index contributed by atoms with van der Waals surface area (Å²) in [7, 11) is 0. The predicted molar refractivity (Wildman–Crippen MR) is 94.7 cm³/mol. The summed E-state index contributed by atoms with van der Waals surface area (Å²) in [6, 6.07) is 18.0. The largest absolute Gasteiger partial charge is 0.455 e. The number of halogens is 2. The number of benzene rings is 2. The molecule has 0 fully saturated rings. The number of hydrogen-bond acceptors (Lipinski definition) is 1. The first kappa shape index (κ1) is 16.1. The summed E-state index contributed by atoms with van der Waals surface area (Å²) in [5, 5.41) is 3.44. The highest BCUT2D eigenvalue weighted by molar-refractivity contribution is 6.35. The van der Waals surface area contributed by atoms with Gasteiger partial charge < -0.3 is 9.73 Å². The second-order valence-electron chi connectivity index (χ2n) is 5.61. The zero-order valence-electron chi connectivity index (χ0n) is 12.9. The van der Waals surface area contributed by atoms with Crippen LogP contribution in [-0.4, -0.2) is 0 Å². The van der Waals surface area contributed by atoms with Crippen molar-refractivity contribution >= 4 is 23.2 Å². The predicted octanol–water partition coefficient (Wildman–Crippen LogP) is 4.83. The monoisotopic (exact) mass is 346 g/mol. The SMILES string of the molecule is Cc1ccc(C[NH2+]Cc2ccc(-c3cc(Cl)cc(Cl)c3)o2)cc1. The maximum Gasteiger partial charge on any atom is 0.158 e. The van der Waals surface area contributed by atoms with Crippen molar-refractivity contribution in [2.75, 3.05) is 0 Å². The topological polar surface area (TPSA) is 29.8 Å². The van der Waals surface area contributed by atoms with Crippen molar-refractivity contribution in [3.05, 3.63) is 81.5 Å². The molecule has 3 rings (SSSR count). The van der Waals surface area contributed by atoms with Crippen molar-refractivity contribution in [1.29, 1.82) is 0 Å². The van der Waals surface area contributed by atoms with E-state index < -0.39 is 0 Å². The summed E-state index contributed by atoms with van der Waals surface area (Å²) >= 11 is 12.1. The molecule has 0 aliphatic heterocycles. The summed E-state index contributed by atoms with van der Waals surface area (Å²) in [4.78, 5) is 0. The highest BCUT2D eigenvalue weighted by atomic mass is 35.5. The second-order valence-corrected chi connectivity index (χ2v) is 6.48. The van der Waals surface area contributed by atoms with Crippen LogP contribution in [0, 0.1) is 6.92 Å². The van der Waals surface area contributed by atoms with E-state index >= 15 is 0 Å². The fourth-order valence-electron chi connectivity index (χ4n) is 2.44. The van der Waals surface area contributed by atoms with E-state index in [1.165, 1.54) is 11.1 Å². The van der Waals surface area contributed by atoms with Gasteiger partial charge in [-0.05, 0) is 37.3 Å². The van der Waals surface area contributed by atoms with Crippen LogP contribution in [0.15, 0.2) is 59.0 Å². The van der Waals surface area contributed by atoms with E-state index in [2.05, 4.69) is 36.5 Å². The van der Waals surface area contributed by atoms with Gasteiger partial charge in [-0.15, -0.1) is 0 Å². The molecule has 2 nitrogen and oxygen atoms in total. The molecule has 0 saturated heterocycles. The molecule has 0 aliphatic carbocycles. The average molecular weight is 347 g/mol. The molecule has 0 amide bonds. The van der Waals surface area contributed by atoms with E-state index in [0.29, 0.717) is 10.0 Å². The number of hydrogen-bond donors (Lipinski definition) is 1. The third-order valence-electron chi connectivity index (χ3n) is 3.65. The maximum atomic E-state index is 6.04. The molecule has 2 N–H and O–H groups in total. The summed E-state index contributed by atoms with van der Waals surface area (Å²) in [6.07, 6.45) is 0. The first-order chi connectivity index (χ1) is 11.1. The number of nitrogens with two attached hydrogens (primary N) is 1. The van der Waals surface area contributed by atoms with Crippen LogP contribution in [0.2, 0.25) is 10.0 Å². The summed E-state index contributed by atoms with van der Waals surface area (Å²) in [6.45, 7) is 3.82. The van der Waals surface area contributed by atoms with Crippen LogP contribution in [0.3, 0.4) is 0 Å². The van der Waals surface area contributed by atoms with Gasteiger partial charge in [0.15, 0.2) is 5.76 Å². The Morgan fingerprint density at radius 2 is 1.57 bits per heavy atom. The Morgan fingerprint density at radius 1 is 0.870 bits per heavy atom. The van der Waals surface area contributed by atoms with Gasteiger partial charge in [0.1, 0.15) is 18.8 Å². The molecular formula is C19H18Cl2NO+. The Bertz CT molecular complexity index is 773.